The standard InChI is InChI=1S/C22H24N2O2/c1-15-7-8-16(2)19(13-15)21(25)9-10-22(26)23-12-11-17-14-24-20-6-4-3-5-18(17)20/h3-8,13-14,24H,9-12H2,1-2H3,(H,23,26). The van der Waals surface area contributed by atoms with Crippen LogP contribution in [0.1, 0.15) is 39.9 Å². The highest BCUT2D eigenvalue weighted by Gasteiger charge is 2.12. The maximum absolute atomic E-state index is 12.3. The van der Waals surface area contributed by atoms with E-state index < -0.39 is 0 Å². The first-order chi connectivity index (χ1) is 12.5. The summed E-state index contributed by atoms with van der Waals surface area (Å²) in [5.41, 5.74) is 5.03. The Labute approximate surface area is 153 Å². The molecule has 0 atom stereocenters. The summed E-state index contributed by atoms with van der Waals surface area (Å²) in [5, 5.41) is 4.10. The van der Waals surface area contributed by atoms with E-state index >= 15 is 0 Å². The van der Waals surface area contributed by atoms with Crippen LogP contribution in [0.25, 0.3) is 10.9 Å². The van der Waals surface area contributed by atoms with Crippen LogP contribution in [0.15, 0.2) is 48.7 Å². The van der Waals surface area contributed by atoms with E-state index in [1.54, 1.807) is 0 Å². The molecule has 0 aliphatic heterocycles. The molecule has 0 aliphatic rings. The smallest absolute Gasteiger partial charge is 0.220 e. The zero-order valence-electron chi connectivity index (χ0n) is 15.3. The van der Waals surface area contributed by atoms with Crippen LogP contribution in [0.3, 0.4) is 0 Å². The summed E-state index contributed by atoms with van der Waals surface area (Å²) in [7, 11) is 0. The molecule has 0 bridgehead atoms. The molecule has 0 saturated carbocycles. The lowest BCUT2D eigenvalue weighted by Gasteiger charge is -2.07. The van der Waals surface area contributed by atoms with Crippen molar-refractivity contribution < 1.29 is 9.59 Å². The minimum atomic E-state index is -0.0801. The van der Waals surface area contributed by atoms with Gasteiger partial charge in [-0.1, -0.05) is 35.9 Å². The quantitative estimate of drug-likeness (QED) is 0.631. The summed E-state index contributed by atoms with van der Waals surface area (Å²) >= 11 is 0. The molecule has 3 rings (SSSR count). The molecular formula is C22H24N2O2. The van der Waals surface area contributed by atoms with Crippen molar-refractivity contribution in [1.29, 1.82) is 0 Å². The summed E-state index contributed by atoms with van der Waals surface area (Å²) in [6, 6.07) is 14.0. The highest BCUT2D eigenvalue weighted by molar-refractivity contribution is 5.99. The summed E-state index contributed by atoms with van der Waals surface area (Å²) in [4.78, 5) is 27.6. The normalized spacial score (nSPS) is 10.8. The summed E-state index contributed by atoms with van der Waals surface area (Å²) < 4.78 is 0. The van der Waals surface area contributed by atoms with Crippen LogP contribution in [0.4, 0.5) is 0 Å². The van der Waals surface area contributed by atoms with Gasteiger partial charge in [0.05, 0.1) is 0 Å². The van der Waals surface area contributed by atoms with Gasteiger partial charge in [-0.25, -0.2) is 0 Å². The van der Waals surface area contributed by atoms with Crippen LogP contribution in [-0.2, 0) is 11.2 Å². The third kappa shape index (κ3) is 4.20. The fourth-order valence-corrected chi connectivity index (χ4v) is 3.16. The fraction of sp³-hybridized carbons (Fsp3) is 0.273. The number of hydrogen-bond acceptors (Lipinski definition) is 2. The molecule has 4 heteroatoms. The van der Waals surface area contributed by atoms with Crippen molar-refractivity contribution in [3.8, 4) is 0 Å². The van der Waals surface area contributed by atoms with Gasteiger partial charge in [-0.05, 0) is 43.5 Å². The number of amides is 1. The van der Waals surface area contributed by atoms with Crippen LogP contribution >= 0.6 is 0 Å². The largest absolute Gasteiger partial charge is 0.361 e. The van der Waals surface area contributed by atoms with Crippen LogP contribution in [-0.4, -0.2) is 23.2 Å². The van der Waals surface area contributed by atoms with Crippen LogP contribution in [0, 0.1) is 13.8 Å². The summed E-state index contributed by atoms with van der Waals surface area (Å²) in [6.45, 7) is 4.46. The lowest BCUT2D eigenvalue weighted by atomic mass is 9.99. The van der Waals surface area contributed by atoms with E-state index in [1.807, 2.05) is 56.4 Å². The molecule has 0 aliphatic carbocycles. The third-order valence-electron chi connectivity index (χ3n) is 4.66. The first-order valence-electron chi connectivity index (χ1n) is 8.97. The monoisotopic (exact) mass is 348 g/mol. The zero-order valence-corrected chi connectivity index (χ0v) is 15.3. The third-order valence-corrected chi connectivity index (χ3v) is 4.66. The molecule has 3 aromatic rings. The Kier molecular flexibility index (Phi) is 5.52. The van der Waals surface area contributed by atoms with Crippen molar-refractivity contribution in [2.24, 2.45) is 0 Å². The number of hydrogen-bond donors (Lipinski definition) is 2. The van der Waals surface area contributed by atoms with E-state index in [0.717, 1.165) is 28.6 Å². The number of H-pyrrole nitrogens is 1. The van der Waals surface area contributed by atoms with Crippen LogP contribution in [0.5, 0.6) is 0 Å². The number of carbonyl (C=O) groups excluding carboxylic acids is 2. The average Bonchev–Trinajstić information content (AvgIpc) is 3.05. The average molecular weight is 348 g/mol. The predicted molar refractivity (Wildman–Crippen MR) is 104 cm³/mol. The second-order valence-electron chi connectivity index (χ2n) is 6.70. The van der Waals surface area contributed by atoms with E-state index in [9.17, 15) is 9.59 Å². The van der Waals surface area contributed by atoms with Gasteiger partial charge in [-0.2, -0.15) is 0 Å². The van der Waals surface area contributed by atoms with Crippen molar-refractivity contribution in [2.75, 3.05) is 6.54 Å². The molecule has 26 heavy (non-hydrogen) atoms. The fourth-order valence-electron chi connectivity index (χ4n) is 3.16. The van der Waals surface area contributed by atoms with E-state index in [1.165, 1.54) is 10.9 Å². The molecule has 0 fully saturated rings. The molecule has 2 N–H and O–H groups in total. The van der Waals surface area contributed by atoms with E-state index in [0.29, 0.717) is 6.54 Å². The Balaban J connectivity index is 1.47. The number of fused-ring (bicyclic) bond motifs is 1. The highest BCUT2D eigenvalue weighted by Crippen LogP contribution is 2.18. The van der Waals surface area contributed by atoms with Crippen molar-refractivity contribution in [1.82, 2.24) is 10.3 Å². The number of ketones is 1. The second kappa shape index (κ2) is 8.00. The molecule has 1 heterocycles. The van der Waals surface area contributed by atoms with E-state index in [-0.39, 0.29) is 24.5 Å². The van der Waals surface area contributed by atoms with Gasteiger partial charge in [0, 0.05) is 42.0 Å². The Morgan fingerprint density at radius 2 is 1.85 bits per heavy atom. The number of carbonyl (C=O) groups is 2. The lowest BCUT2D eigenvalue weighted by Crippen LogP contribution is -2.26. The van der Waals surface area contributed by atoms with Crippen molar-refractivity contribution in [3.63, 3.8) is 0 Å². The highest BCUT2D eigenvalue weighted by atomic mass is 16.2. The molecule has 0 unspecified atom stereocenters. The van der Waals surface area contributed by atoms with Gasteiger partial charge < -0.3 is 10.3 Å². The van der Waals surface area contributed by atoms with Gasteiger partial charge in [-0.3, -0.25) is 9.59 Å². The van der Waals surface area contributed by atoms with Gasteiger partial charge in [0.2, 0.25) is 5.91 Å². The molecule has 0 saturated heterocycles. The van der Waals surface area contributed by atoms with Crippen molar-refractivity contribution in [3.05, 3.63) is 70.9 Å². The van der Waals surface area contributed by atoms with Crippen LogP contribution < -0.4 is 5.32 Å². The number of aryl methyl sites for hydroxylation is 2. The Morgan fingerprint density at radius 1 is 1.04 bits per heavy atom. The number of aromatic amines is 1. The van der Waals surface area contributed by atoms with Gasteiger partial charge in [0.15, 0.2) is 5.78 Å². The lowest BCUT2D eigenvalue weighted by molar-refractivity contribution is -0.121. The molecule has 1 amide bonds. The van der Waals surface area contributed by atoms with Gasteiger partial charge in [0.1, 0.15) is 0 Å². The van der Waals surface area contributed by atoms with Gasteiger partial charge >= 0.3 is 0 Å². The molecular weight excluding hydrogens is 324 g/mol. The Hall–Kier alpha value is -2.88. The summed E-state index contributed by atoms with van der Waals surface area (Å²) in [5.74, 6) is -0.0542. The first-order valence-corrected chi connectivity index (χ1v) is 8.97. The molecule has 134 valence electrons. The molecule has 4 nitrogen and oxygen atoms in total. The number of benzene rings is 2. The Bertz CT molecular complexity index is 940. The minimum Gasteiger partial charge on any atom is -0.361 e. The maximum Gasteiger partial charge on any atom is 0.220 e. The molecule has 1 aromatic heterocycles. The SMILES string of the molecule is Cc1ccc(C)c(C(=O)CCC(=O)NCCc2c[nH]c3ccccc23)c1. The number of rotatable bonds is 7. The van der Waals surface area contributed by atoms with E-state index in [2.05, 4.69) is 16.4 Å². The topological polar surface area (TPSA) is 62.0 Å². The molecule has 0 spiro atoms. The summed E-state index contributed by atoms with van der Waals surface area (Å²) in [6.07, 6.45) is 3.21. The number of nitrogens with one attached hydrogen (secondary N) is 2. The molecule has 2 aromatic carbocycles. The van der Waals surface area contributed by atoms with Gasteiger partial charge in [-0.15, -0.1) is 0 Å². The Morgan fingerprint density at radius 3 is 2.69 bits per heavy atom. The number of Topliss-reactive ketones (excluding diaryl/α,β-unsaturated/α-hetero) is 1. The van der Waals surface area contributed by atoms with Gasteiger partial charge in [0.25, 0.3) is 0 Å². The predicted octanol–water partition coefficient (Wildman–Crippen LogP) is 4.11. The van der Waals surface area contributed by atoms with Crippen molar-refractivity contribution >= 4 is 22.6 Å². The van der Waals surface area contributed by atoms with Crippen LogP contribution in [0.2, 0.25) is 0 Å². The number of para-hydroxylation sites is 1. The molecule has 0 radical (unpaired) electrons. The maximum atomic E-state index is 12.3. The first kappa shape index (κ1) is 17.9. The second-order valence-corrected chi connectivity index (χ2v) is 6.70. The zero-order chi connectivity index (χ0) is 18.5. The van der Waals surface area contributed by atoms with E-state index in [4.69, 9.17) is 0 Å². The van der Waals surface area contributed by atoms with Crippen molar-refractivity contribution in [2.45, 2.75) is 33.1 Å². The number of aromatic nitrogens is 1. The minimum absolute atomic E-state index is 0.0259.